The van der Waals surface area contributed by atoms with Gasteiger partial charge < -0.3 is 10.6 Å². The van der Waals surface area contributed by atoms with Gasteiger partial charge in [0, 0.05) is 23.9 Å². The average Bonchev–Trinajstić information content (AvgIpc) is 2.75. The van der Waals surface area contributed by atoms with Crippen LogP contribution in [0.25, 0.3) is 0 Å². The number of amides is 2. The second-order valence-corrected chi connectivity index (χ2v) is 11.8. The largest absolute Gasteiger partial charge is 0.351 e. The van der Waals surface area contributed by atoms with Gasteiger partial charge >= 0.3 is 0 Å². The minimum absolute atomic E-state index is 0.160. The van der Waals surface area contributed by atoms with E-state index in [2.05, 4.69) is 52.2 Å². The van der Waals surface area contributed by atoms with Crippen LogP contribution < -0.4 is 10.6 Å². The normalized spacial score (nSPS) is 12.1. The SMILES string of the molecule is CCCCCCCCCCC(=O)NC(C)(C)CCC(C)(C)NC(=O)CCCCCCCCCC. The number of hydrogen-bond acceptors (Lipinski definition) is 2. The lowest BCUT2D eigenvalue weighted by molar-refractivity contribution is -0.124. The van der Waals surface area contributed by atoms with Gasteiger partial charge in [-0.15, -0.1) is 0 Å². The molecule has 0 aromatic carbocycles. The molecule has 0 spiro atoms. The topological polar surface area (TPSA) is 58.2 Å². The van der Waals surface area contributed by atoms with Crippen molar-refractivity contribution in [1.29, 1.82) is 0 Å². The molecule has 2 N–H and O–H groups in total. The highest BCUT2D eigenvalue weighted by Crippen LogP contribution is 2.20. The molecule has 0 radical (unpaired) electrons. The van der Waals surface area contributed by atoms with Crippen molar-refractivity contribution in [2.24, 2.45) is 0 Å². The average molecular weight is 481 g/mol. The van der Waals surface area contributed by atoms with E-state index in [1.807, 2.05) is 0 Å². The zero-order valence-corrected chi connectivity index (χ0v) is 24.0. The minimum Gasteiger partial charge on any atom is -0.351 e. The molecule has 0 atom stereocenters. The van der Waals surface area contributed by atoms with Crippen molar-refractivity contribution < 1.29 is 9.59 Å². The fourth-order valence-corrected chi connectivity index (χ4v) is 4.47. The van der Waals surface area contributed by atoms with Gasteiger partial charge in [0.1, 0.15) is 0 Å². The molecule has 0 aliphatic carbocycles. The van der Waals surface area contributed by atoms with Crippen molar-refractivity contribution in [3.8, 4) is 0 Å². The molecule has 2 amide bonds. The molecular weight excluding hydrogens is 420 g/mol. The molecule has 34 heavy (non-hydrogen) atoms. The van der Waals surface area contributed by atoms with Gasteiger partial charge in [-0.3, -0.25) is 9.59 Å². The Kier molecular flexibility index (Phi) is 19.5. The summed E-state index contributed by atoms with van der Waals surface area (Å²) >= 11 is 0. The predicted octanol–water partition coefficient (Wildman–Crippen LogP) is 8.62. The van der Waals surface area contributed by atoms with Gasteiger partial charge in [0.05, 0.1) is 0 Å². The Morgan fingerprint density at radius 2 is 0.735 bits per heavy atom. The fraction of sp³-hybridized carbons (Fsp3) is 0.933. The van der Waals surface area contributed by atoms with Gasteiger partial charge in [0.25, 0.3) is 0 Å². The maximum absolute atomic E-state index is 12.4. The lowest BCUT2D eigenvalue weighted by Gasteiger charge is -2.33. The minimum atomic E-state index is -0.253. The molecule has 202 valence electrons. The van der Waals surface area contributed by atoms with Crippen LogP contribution in [0.5, 0.6) is 0 Å². The maximum atomic E-state index is 12.4. The van der Waals surface area contributed by atoms with E-state index in [0.29, 0.717) is 12.8 Å². The number of rotatable bonds is 23. The summed E-state index contributed by atoms with van der Waals surface area (Å²) in [6, 6.07) is 0. The molecule has 0 bridgehead atoms. The van der Waals surface area contributed by atoms with Crippen molar-refractivity contribution in [3.63, 3.8) is 0 Å². The molecule has 0 saturated carbocycles. The van der Waals surface area contributed by atoms with Crippen LogP contribution >= 0.6 is 0 Å². The third kappa shape index (κ3) is 21.5. The number of nitrogens with one attached hydrogen (secondary N) is 2. The first-order valence-electron chi connectivity index (χ1n) is 14.7. The van der Waals surface area contributed by atoms with E-state index in [-0.39, 0.29) is 22.9 Å². The first kappa shape index (κ1) is 32.9. The molecule has 0 aromatic heterocycles. The predicted molar refractivity (Wildman–Crippen MR) is 148 cm³/mol. The number of unbranched alkanes of at least 4 members (excludes halogenated alkanes) is 14. The smallest absolute Gasteiger partial charge is 0.220 e. The first-order valence-corrected chi connectivity index (χ1v) is 14.7. The van der Waals surface area contributed by atoms with E-state index >= 15 is 0 Å². The van der Waals surface area contributed by atoms with Crippen LogP contribution in [0, 0.1) is 0 Å². The zero-order valence-electron chi connectivity index (χ0n) is 24.0. The Hall–Kier alpha value is -1.06. The summed E-state index contributed by atoms with van der Waals surface area (Å²) in [7, 11) is 0. The zero-order chi connectivity index (χ0) is 25.7. The Bertz CT molecular complexity index is 468. The summed E-state index contributed by atoms with van der Waals surface area (Å²) in [5.74, 6) is 0.319. The highest BCUT2D eigenvalue weighted by Gasteiger charge is 2.26. The molecule has 0 aliphatic heterocycles. The van der Waals surface area contributed by atoms with Crippen molar-refractivity contribution in [2.45, 2.75) is 181 Å². The lowest BCUT2D eigenvalue weighted by Crippen LogP contribution is -2.48. The summed E-state index contributed by atoms with van der Waals surface area (Å²) in [4.78, 5) is 24.8. The first-order chi connectivity index (χ1) is 16.1. The second-order valence-electron chi connectivity index (χ2n) is 11.8. The third-order valence-electron chi connectivity index (χ3n) is 6.85. The number of hydrogen-bond donors (Lipinski definition) is 2. The van der Waals surface area contributed by atoms with E-state index in [1.165, 1.54) is 77.0 Å². The fourth-order valence-electron chi connectivity index (χ4n) is 4.47. The van der Waals surface area contributed by atoms with Crippen LogP contribution in [0.15, 0.2) is 0 Å². The van der Waals surface area contributed by atoms with Crippen LogP contribution in [0.1, 0.15) is 170 Å². The van der Waals surface area contributed by atoms with Gasteiger partial charge in [-0.2, -0.15) is 0 Å². The molecule has 0 rings (SSSR count). The van der Waals surface area contributed by atoms with Crippen LogP contribution in [-0.4, -0.2) is 22.9 Å². The molecular formula is C30H60N2O2. The molecule has 0 fully saturated rings. The van der Waals surface area contributed by atoms with E-state index < -0.39 is 0 Å². The van der Waals surface area contributed by atoms with E-state index in [1.54, 1.807) is 0 Å². The second kappa shape index (κ2) is 20.2. The van der Waals surface area contributed by atoms with Crippen molar-refractivity contribution in [1.82, 2.24) is 10.6 Å². The van der Waals surface area contributed by atoms with Crippen LogP contribution in [0.3, 0.4) is 0 Å². The molecule has 4 heteroatoms. The molecule has 0 aliphatic rings. The third-order valence-corrected chi connectivity index (χ3v) is 6.85. The van der Waals surface area contributed by atoms with E-state index in [4.69, 9.17) is 0 Å². The Morgan fingerprint density at radius 3 is 1.03 bits per heavy atom. The van der Waals surface area contributed by atoms with E-state index in [9.17, 15) is 9.59 Å². The van der Waals surface area contributed by atoms with Gasteiger partial charge in [-0.1, -0.05) is 104 Å². The molecule has 0 heterocycles. The summed E-state index contributed by atoms with van der Waals surface area (Å²) in [6.07, 6.45) is 22.9. The van der Waals surface area contributed by atoms with Crippen molar-refractivity contribution in [3.05, 3.63) is 0 Å². The van der Waals surface area contributed by atoms with Gasteiger partial charge in [0.2, 0.25) is 11.8 Å². The highest BCUT2D eigenvalue weighted by atomic mass is 16.2. The number of carbonyl (C=O) groups excluding carboxylic acids is 2. The van der Waals surface area contributed by atoms with Crippen molar-refractivity contribution in [2.75, 3.05) is 0 Å². The maximum Gasteiger partial charge on any atom is 0.220 e. The summed E-state index contributed by atoms with van der Waals surface area (Å²) in [5, 5.41) is 6.43. The summed E-state index contributed by atoms with van der Waals surface area (Å²) in [5.41, 5.74) is -0.506. The van der Waals surface area contributed by atoms with Gasteiger partial charge in [0.15, 0.2) is 0 Å². The molecule has 0 saturated heterocycles. The van der Waals surface area contributed by atoms with Crippen molar-refractivity contribution >= 4 is 11.8 Å². The number of carbonyl (C=O) groups is 2. The highest BCUT2D eigenvalue weighted by molar-refractivity contribution is 5.77. The molecule has 4 nitrogen and oxygen atoms in total. The standard InChI is InChI=1S/C30H60N2O2/c1-7-9-11-13-15-17-19-21-23-27(33)31-29(3,4)25-26-30(5,6)32-28(34)24-22-20-18-16-14-12-10-8-2/h7-26H2,1-6H3,(H,31,33)(H,32,34). The van der Waals surface area contributed by atoms with Crippen LogP contribution in [0.4, 0.5) is 0 Å². The van der Waals surface area contributed by atoms with Crippen LogP contribution in [-0.2, 0) is 9.59 Å². The Balaban J connectivity index is 3.96. The van der Waals surface area contributed by atoms with E-state index in [0.717, 1.165) is 38.5 Å². The van der Waals surface area contributed by atoms with Gasteiger partial charge in [-0.25, -0.2) is 0 Å². The molecule has 0 unspecified atom stereocenters. The summed E-state index contributed by atoms with van der Waals surface area (Å²) < 4.78 is 0. The lowest BCUT2D eigenvalue weighted by atomic mass is 9.89. The van der Waals surface area contributed by atoms with Gasteiger partial charge in [-0.05, 0) is 53.4 Å². The Morgan fingerprint density at radius 1 is 0.471 bits per heavy atom. The quantitative estimate of drug-likeness (QED) is 0.144. The molecule has 0 aromatic rings. The summed E-state index contributed by atoms with van der Waals surface area (Å²) in [6.45, 7) is 12.9. The monoisotopic (exact) mass is 480 g/mol. The van der Waals surface area contributed by atoms with Crippen LogP contribution in [0.2, 0.25) is 0 Å². The Labute approximate surface area is 213 Å².